The second-order valence-corrected chi connectivity index (χ2v) is 4.96. The highest BCUT2D eigenvalue weighted by Crippen LogP contribution is 2.37. The van der Waals surface area contributed by atoms with Crippen molar-refractivity contribution in [1.82, 2.24) is 0 Å². The van der Waals surface area contributed by atoms with Crippen molar-refractivity contribution in [3.05, 3.63) is 30.0 Å². The number of rotatable bonds is 1. The van der Waals surface area contributed by atoms with Crippen molar-refractivity contribution in [3.63, 3.8) is 0 Å². The summed E-state index contributed by atoms with van der Waals surface area (Å²) in [6.07, 6.45) is 8.09. The summed E-state index contributed by atoms with van der Waals surface area (Å²) in [6.45, 7) is 10.6. The Morgan fingerprint density at radius 2 is 2.23 bits per heavy atom. The molecule has 0 amide bonds. The van der Waals surface area contributed by atoms with E-state index in [1.165, 1.54) is 24.8 Å². The van der Waals surface area contributed by atoms with E-state index in [4.69, 9.17) is 0 Å². The molecule has 0 heteroatoms. The molecule has 0 radical (unpaired) electrons. The van der Waals surface area contributed by atoms with Gasteiger partial charge in [-0.2, -0.15) is 0 Å². The maximum atomic E-state index is 3.60. The smallest absolute Gasteiger partial charge is 0.0177 e. The highest BCUT2D eigenvalue weighted by Gasteiger charge is 2.25. The van der Waals surface area contributed by atoms with E-state index in [-0.39, 0.29) is 0 Å². The summed E-state index contributed by atoms with van der Waals surface area (Å²) in [5.41, 5.74) is 4.72. The second kappa shape index (κ2) is 3.98. The minimum Gasteiger partial charge on any atom is -0.128 e. The number of hydrogen-bond acceptors (Lipinski definition) is 0. The van der Waals surface area contributed by atoms with Gasteiger partial charge < -0.3 is 0 Å². The van der Waals surface area contributed by atoms with Crippen LogP contribution in [0.1, 0.15) is 40.0 Å². The van der Waals surface area contributed by atoms with E-state index in [2.05, 4.69) is 39.2 Å². The third kappa shape index (κ3) is 2.90. The van der Waals surface area contributed by atoms with Crippen LogP contribution in [0.25, 0.3) is 0 Å². The summed E-state index contributed by atoms with van der Waals surface area (Å²) in [6, 6.07) is 0. The molecule has 1 rings (SSSR count). The molecule has 72 valence electrons. The average molecular weight is 176 g/mol. The van der Waals surface area contributed by atoms with Crippen LogP contribution in [0, 0.1) is 11.3 Å². The summed E-state index contributed by atoms with van der Waals surface area (Å²) >= 11 is 0. The lowest BCUT2D eigenvalue weighted by atomic mass is 9.73. The lowest BCUT2D eigenvalue weighted by Crippen LogP contribution is -2.21. The Labute approximate surface area is 82.0 Å². The lowest BCUT2D eigenvalue weighted by Gasteiger charge is -2.32. The monoisotopic (exact) mass is 176 g/mol. The molecule has 0 heterocycles. The first-order valence-electron chi connectivity index (χ1n) is 5.09. The van der Waals surface area contributed by atoms with Crippen molar-refractivity contribution in [3.8, 4) is 0 Å². The third-order valence-corrected chi connectivity index (χ3v) is 2.96. The fourth-order valence-corrected chi connectivity index (χ4v) is 1.90. The minimum absolute atomic E-state index is 0.458. The first-order chi connectivity index (χ1) is 6.04. The van der Waals surface area contributed by atoms with Crippen LogP contribution < -0.4 is 0 Å². The second-order valence-electron chi connectivity index (χ2n) is 4.96. The number of allylic oxidation sites excluding steroid dienone is 3. The molecule has 0 aromatic rings. The molecule has 1 aliphatic rings. The van der Waals surface area contributed by atoms with Crippen LogP contribution in [-0.2, 0) is 0 Å². The third-order valence-electron chi connectivity index (χ3n) is 2.96. The van der Waals surface area contributed by atoms with Gasteiger partial charge in [-0.25, -0.2) is 0 Å². The highest BCUT2D eigenvalue weighted by atomic mass is 14.3. The van der Waals surface area contributed by atoms with E-state index < -0.39 is 0 Å². The molecule has 1 aliphatic carbocycles. The maximum Gasteiger partial charge on any atom is -0.0177 e. The Hall–Kier alpha value is -0.740. The van der Waals surface area contributed by atoms with Crippen molar-refractivity contribution in [1.29, 1.82) is 0 Å². The van der Waals surface area contributed by atoms with E-state index in [0.717, 1.165) is 5.92 Å². The zero-order valence-corrected chi connectivity index (χ0v) is 9.06. The molecule has 1 unspecified atom stereocenters. The van der Waals surface area contributed by atoms with Crippen LogP contribution in [0.3, 0.4) is 0 Å². The lowest BCUT2D eigenvalue weighted by molar-refractivity contribution is 0.221. The molecule has 0 aromatic heterocycles. The summed E-state index contributed by atoms with van der Waals surface area (Å²) in [7, 11) is 0. The molecule has 0 aromatic carbocycles. The Balaban J connectivity index is 2.61. The van der Waals surface area contributed by atoms with Crippen LogP contribution in [0.2, 0.25) is 0 Å². The highest BCUT2D eigenvalue weighted by molar-refractivity contribution is 5.20. The predicted octanol–water partition coefficient (Wildman–Crippen LogP) is 4.10. The van der Waals surface area contributed by atoms with Gasteiger partial charge in [0.2, 0.25) is 0 Å². The molecule has 0 spiro atoms. The minimum atomic E-state index is 0.458. The van der Waals surface area contributed by atoms with Crippen molar-refractivity contribution in [2.45, 2.75) is 40.0 Å². The van der Waals surface area contributed by atoms with E-state index in [0.29, 0.717) is 5.41 Å². The SMILES string of the molecule is C=C=CC1=CCC(C(C)(C)C)CC1. The molecule has 1 atom stereocenters. The first kappa shape index (κ1) is 10.3. The van der Waals surface area contributed by atoms with E-state index in [1.54, 1.807) is 0 Å². The van der Waals surface area contributed by atoms with Crippen LogP contribution in [0.4, 0.5) is 0 Å². The Morgan fingerprint density at radius 3 is 2.62 bits per heavy atom. The van der Waals surface area contributed by atoms with Gasteiger partial charge in [-0.3, -0.25) is 0 Å². The summed E-state index contributed by atoms with van der Waals surface area (Å²) < 4.78 is 0. The maximum absolute atomic E-state index is 3.60. The van der Waals surface area contributed by atoms with Crippen LogP contribution in [0.5, 0.6) is 0 Å². The van der Waals surface area contributed by atoms with Gasteiger partial charge in [0.25, 0.3) is 0 Å². The zero-order valence-electron chi connectivity index (χ0n) is 9.06. The Morgan fingerprint density at radius 1 is 1.54 bits per heavy atom. The van der Waals surface area contributed by atoms with Crippen LogP contribution in [-0.4, -0.2) is 0 Å². The largest absolute Gasteiger partial charge is 0.128 e. The fraction of sp³-hybridized carbons (Fsp3) is 0.615. The van der Waals surface area contributed by atoms with Gasteiger partial charge in [0, 0.05) is 0 Å². The van der Waals surface area contributed by atoms with Gasteiger partial charge >= 0.3 is 0 Å². The molecule has 13 heavy (non-hydrogen) atoms. The van der Waals surface area contributed by atoms with Crippen LogP contribution in [0.15, 0.2) is 30.0 Å². The van der Waals surface area contributed by atoms with Gasteiger partial charge in [-0.1, -0.05) is 33.4 Å². The zero-order chi connectivity index (χ0) is 9.90. The quantitative estimate of drug-likeness (QED) is 0.528. The van der Waals surface area contributed by atoms with Gasteiger partial charge in [0.1, 0.15) is 0 Å². The first-order valence-corrected chi connectivity index (χ1v) is 5.09. The Kier molecular flexibility index (Phi) is 3.17. The van der Waals surface area contributed by atoms with Gasteiger partial charge in [0.05, 0.1) is 0 Å². The molecule has 0 fully saturated rings. The van der Waals surface area contributed by atoms with E-state index >= 15 is 0 Å². The average Bonchev–Trinajstić information content (AvgIpc) is 2.04. The molecule has 0 nitrogen and oxygen atoms in total. The predicted molar refractivity (Wildman–Crippen MR) is 58.6 cm³/mol. The summed E-state index contributed by atoms with van der Waals surface area (Å²) in [5, 5.41) is 0. The molecule has 0 aliphatic heterocycles. The molecular weight excluding hydrogens is 156 g/mol. The van der Waals surface area contributed by atoms with Crippen molar-refractivity contribution < 1.29 is 0 Å². The van der Waals surface area contributed by atoms with E-state index in [9.17, 15) is 0 Å². The molecule has 0 saturated carbocycles. The standard InChI is InChI=1S/C13H20/c1-5-6-11-7-9-12(10-8-11)13(2,3)4/h6-7,12H,1,8-10H2,2-4H3. The molecule has 0 N–H and O–H groups in total. The fourth-order valence-electron chi connectivity index (χ4n) is 1.90. The van der Waals surface area contributed by atoms with Gasteiger partial charge in [-0.05, 0) is 42.2 Å². The Bertz CT molecular complexity index is 244. The molecular formula is C13H20. The van der Waals surface area contributed by atoms with Crippen LogP contribution >= 0.6 is 0 Å². The number of hydrogen-bond donors (Lipinski definition) is 0. The molecule has 0 bridgehead atoms. The van der Waals surface area contributed by atoms with Crippen molar-refractivity contribution >= 4 is 0 Å². The normalized spacial score (nSPS) is 23.3. The van der Waals surface area contributed by atoms with Crippen molar-refractivity contribution in [2.24, 2.45) is 11.3 Å². The van der Waals surface area contributed by atoms with Gasteiger partial charge in [-0.15, -0.1) is 5.73 Å². The van der Waals surface area contributed by atoms with E-state index in [1.807, 2.05) is 6.08 Å². The molecule has 0 saturated heterocycles. The van der Waals surface area contributed by atoms with Crippen molar-refractivity contribution in [2.75, 3.05) is 0 Å². The van der Waals surface area contributed by atoms with Gasteiger partial charge in [0.15, 0.2) is 0 Å². The summed E-state index contributed by atoms with van der Waals surface area (Å²) in [4.78, 5) is 0. The summed E-state index contributed by atoms with van der Waals surface area (Å²) in [5.74, 6) is 0.842. The topological polar surface area (TPSA) is 0 Å².